The van der Waals surface area contributed by atoms with Gasteiger partial charge in [0.15, 0.2) is 11.5 Å². The quantitative estimate of drug-likeness (QED) is 0.434. The Hall–Kier alpha value is -3.37. The third kappa shape index (κ3) is 4.92. The first-order valence-corrected chi connectivity index (χ1v) is 11.6. The SMILES string of the molecule is CC(C)(O)Cn1cc(-c2cc(-c3cnc(N)c(C(=O)N[C@H]4CCC5(CC5)NC4)n3)ccn2)cn1. The summed E-state index contributed by atoms with van der Waals surface area (Å²) in [7, 11) is 0. The largest absolute Gasteiger partial charge is 0.389 e. The van der Waals surface area contributed by atoms with Crippen molar-refractivity contribution in [3.8, 4) is 22.5 Å². The molecule has 1 amide bonds. The molecule has 0 aromatic carbocycles. The van der Waals surface area contributed by atoms with Crippen LogP contribution in [-0.4, -0.2) is 59.5 Å². The Morgan fingerprint density at radius 2 is 2.09 bits per heavy atom. The highest BCUT2D eigenvalue weighted by atomic mass is 16.3. The zero-order chi connectivity index (χ0) is 23.9. The highest BCUT2D eigenvalue weighted by molar-refractivity contribution is 5.97. The lowest BCUT2D eigenvalue weighted by Crippen LogP contribution is -2.50. The van der Waals surface area contributed by atoms with Crippen molar-refractivity contribution in [1.29, 1.82) is 0 Å². The number of aliphatic hydroxyl groups is 1. The highest BCUT2D eigenvalue weighted by Crippen LogP contribution is 2.41. The average Bonchev–Trinajstić information content (AvgIpc) is 3.40. The Morgan fingerprint density at radius 3 is 2.79 bits per heavy atom. The van der Waals surface area contributed by atoms with E-state index in [1.54, 1.807) is 37.1 Å². The first kappa shape index (κ1) is 22.4. The van der Waals surface area contributed by atoms with Crippen LogP contribution < -0.4 is 16.4 Å². The van der Waals surface area contributed by atoms with Gasteiger partial charge in [-0.05, 0) is 51.7 Å². The van der Waals surface area contributed by atoms with E-state index in [1.165, 1.54) is 12.8 Å². The number of hydrogen-bond donors (Lipinski definition) is 4. The van der Waals surface area contributed by atoms with Crippen LogP contribution in [0.5, 0.6) is 0 Å². The summed E-state index contributed by atoms with van der Waals surface area (Å²) in [4.78, 5) is 26.1. The summed E-state index contributed by atoms with van der Waals surface area (Å²) in [6.07, 6.45) is 11.2. The molecule has 2 aliphatic rings. The van der Waals surface area contributed by atoms with Gasteiger partial charge < -0.3 is 21.5 Å². The lowest BCUT2D eigenvalue weighted by atomic mass is 9.99. The van der Waals surface area contributed by atoms with Gasteiger partial charge in [0.2, 0.25) is 0 Å². The average molecular weight is 463 g/mol. The molecule has 1 saturated carbocycles. The van der Waals surface area contributed by atoms with Gasteiger partial charge in [0.05, 0.1) is 35.9 Å². The minimum Gasteiger partial charge on any atom is -0.389 e. The first-order chi connectivity index (χ1) is 16.2. The van der Waals surface area contributed by atoms with Gasteiger partial charge in [0.25, 0.3) is 5.91 Å². The van der Waals surface area contributed by atoms with Crippen molar-refractivity contribution in [2.45, 2.75) is 63.3 Å². The van der Waals surface area contributed by atoms with Crippen LogP contribution in [0.1, 0.15) is 50.0 Å². The summed E-state index contributed by atoms with van der Waals surface area (Å²) in [5, 5.41) is 20.9. The van der Waals surface area contributed by atoms with Gasteiger partial charge in [-0.1, -0.05) is 0 Å². The van der Waals surface area contributed by atoms with Crippen LogP contribution in [-0.2, 0) is 6.54 Å². The molecule has 34 heavy (non-hydrogen) atoms. The van der Waals surface area contributed by atoms with Crippen LogP contribution >= 0.6 is 0 Å². The van der Waals surface area contributed by atoms with Crippen molar-refractivity contribution in [1.82, 2.24) is 35.4 Å². The molecule has 1 saturated heterocycles. The molecule has 1 aliphatic carbocycles. The predicted molar refractivity (Wildman–Crippen MR) is 128 cm³/mol. The number of nitrogens with zero attached hydrogens (tertiary/aromatic N) is 5. The zero-order valence-corrected chi connectivity index (χ0v) is 19.5. The minimum atomic E-state index is -0.873. The second-order valence-electron chi connectivity index (χ2n) is 10.0. The second kappa shape index (κ2) is 8.44. The number of piperidine rings is 1. The molecular weight excluding hydrogens is 432 g/mol. The minimum absolute atomic E-state index is 0.0524. The van der Waals surface area contributed by atoms with E-state index in [2.05, 4.69) is 30.7 Å². The van der Waals surface area contributed by atoms with Crippen molar-refractivity contribution in [2.75, 3.05) is 12.3 Å². The number of amides is 1. The van der Waals surface area contributed by atoms with Crippen LogP contribution in [0.3, 0.4) is 0 Å². The molecule has 0 unspecified atom stereocenters. The van der Waals surface area contributed by atoms with Crippen molar-refractivity contribution >= 4 is 11.7 Å². The smallest absolute Gasteiger partial charge is 0.274 e. The lowest BCUT2D eigenvalue weighted by molar-refractivity contribution is 0.0577. The molecule has 178 valence electrons. The van der Waals surface area contributed by atoms with Crippen LogP contribution in [0.2, 0.25) is 0 Å². The molecule has 3 aromatic heterocycles. The topological polar surface area (TPSA) is 144 Å². The first-order valence-electron chi connectivity index (χ1n) is 11.6. The molecule has 4 heterocycles. The number of nitrogens with two attached hydrogens (primary N) is 1. The third-order valence-corrected chi connectivity index (χ3v) is 6.43. The van der Waals surface area contributed by atoms with E-state index >= 15 is 0 Å². The molecule has 2 fully saturated rings. The van der Waals surface area contributed by atoms with Gasteiger partial charge in [0, 0.05) is 41.6 Å². The van der Waals surface area contributed by atoms with E-state index in [4.69, 9.17) is 5.73 Å². The number of aromatic nitrogens is 5. The molecule has 1 aliphatic heterocycles. The van der Waals surface area contributed by atoms with E-state index in [1.807, 2.05) is 18.3 Å². The molecule has 3 aromatic rings. The molecule has 10 heteroatoms. The normalized spacial score (nSPS) is 19.2. The number of rotatable bonds is 6. The number of anilines is 1. The van der Waals surface area contributed by atoms with Crippen LogP contribution in [0.4, 0.5) is 5.82 Å². The fraction of sp³-hybridized carbons (Fsp3) is 0.458. The van der Waals surface area contributed by atoms with Crippen molar-refractivity contribution in [2.24, 2.45) is 0 Å². The monoisotopic (exact) mass is 462 g/mol. The number of carbonyl (C=O) groups is 1. The molecule has 0 radical (unpaired) electrons. The van der Waals surface area contributed by atoms with E-state index < -0.39 is 5.60 Å². The van der Waals surface area contributed by atoms with Crippen molar-refractivity contribution in [3.63, 3.8) is 0 Å². The molecule has 5 N–H and O–H groups in total. The molecule has 5 rings (SSSR count). The standard InChI is InChI=1S/C24H30N8O2/c1-23(2,34)14-32-13-16(10-29-32)18-9-15(4-8-26-18)19-12-27-21(25)20(31-19)22(33)30-17-3-5-24(6-7-24)28-11-17/h4,8-10,12-13,17,28,34H,3,5-7,11,14H2,1-2H3,(H2,25,27)(H,30,33)/t17-/m0/s1. The number of carbonyl (C=O) groups excluding carboxylic acids is 1. The van der Waals surface area contributed by atoms with Crippen LogP contribution in [0.25, 0.3) is 22.5 Å². The van der Waals surface area contributed by atoms with E-state index in [0.717, 1.165) is 30.5 Å². The summed E-state index contributed by atoms with van der Waals surface area (Å²) in [6.45, 7) is 4.59. The maximum absolute atomic E-state index is 12.9. The molecule has 0 bridgehead atoms. The number of nitrogen functional groups attached to an aromatic ring is 1. The summed E-state index contributed by atoms with van der Waals surface area (Å²) in [5.74, 6) is -0.210. The second-order valence-corrected chi connectivity index (χ2v) is 10.0. The van der Waals surface area contributed by atoms with Gasteiger partial charge in [-0.25, -0.2) is 9.97 Å². The fourth-order valence-corrected chi connectivity index (χ4v) is 4.37. The molecule has 1 spiro atoms. The predicted octanol–water partition coefficient (Wildman–Crippen LogP) is 1.77. The van der Waals surface area contributed by atoms with Gasteiger partial charge in [-0.2, -0.15) is 5.10 Å². The van der Waals surface area contributed by atoms with Crippen LogP contribution in [0.15, 0.2) is 36.9 Å². The zero-order valence-electron chi connectivity index (χ0n) is 19.5. The molecule has 10 nitrogen and oxygen atoms in total. The number of nitrogens with one attached hydrogen (secondary N) is 2. The lowest BCUT2D eigenvalue weighted by Gasteiger charge is -2.30. The summed E-state index contributed by atoms with van der Waals surface area (Å²) in [6, 6.07) is 3.73. The maximum Gasteiger partial charge on any atom is 0.274 e. The molecular formula is C24H30N8O2. The van der Waals surface area contributed by atoms with Gasteiger partial charge in [0.1, 0.15) is 0 Å². The number of hydrogen-bond acceptors (Lipinski definition) is 8. The highest BCUT2D eigenvalue weighted by Gasteiger charge is 2.44. The van der Waals surface area contributed by atoms with Crippen LogP contribution in [0, 0.1) is 0 Å². The number of pyridine rings is 1. The fourth-order valence-electron chi connectivity index (χ4n) is 4.37. The summed E-state index contributed by atoms with van der Waals surface area (Å²) >= 11 is 0. The van der Waals surface area contributed by atoms with Crippen molar-refractivity contribution in [3.05, 3.63) is 42.6 Å². The Bertz CT molecular complexity index is 1200. The van der Waals surface area contributed by atoms with E-state index in [-0.39, 0.29) is 23.5 Å². The van der Waals surface area contributed by atoms with Gasteiger partial charge >= 0.3 is 0 Å². The maximum atomic E-state index is 12.9. The van der Waals surface area contributed by atoms with Gasteiger partial charge in [-0.15, -0.1) is 0 Å². The third-order valence-electron chi connectivity index (χ3n) is 6.43. The Kier molecular flexibility index (Phi) is 5.57. The van der Waals surface area contributed by atoms with E-state index in [0.29, 0.717) is 23.5 Å². The Balaban J connectivity index is 1.33. The Morgan fingerprint density at radius 1 is 1.26 bits per heavy atom. The summed E-state index contributed by atoms with van der Waals surface area (Å²) in [5.41, 5.74) is 8.39. The van der Waals surface area contributed by atoms with Gasteiger partial charge in [-0.3, -0.25) is 14.5 Å². The summed E-state index contributed by atoms with van der Waals surface area (Å²) < 4.78 is 1.68. The Labute approximate surface area is 198 Å². The van der Waals surface area contributed by atoms with E-state index in [9.17, 15) is 9.90 Å². The molecule has 1 atom stereocenters. The van der Waals surface area contributed by atoms with Crippen molar-refractivity contribution < 1.29 is 9.90 Å².